The van der Waals surface area contributed by atoms with E-state index in [0.29, 0.717) is 17.6 Å². The smallest absolute Gasteiger partial charge is 0.166 e. The van der Waals surface area contributed by atoms with Crippen LogP contribution in [0.25, 0.3) is 0 Å². The zero-order valence-corrected chi connectivity index (χ0v) is 12.6. The monoisotopic (exact) mass is 326 g/mol. The van der Waals surface area contributed by atoms with Crippen LogP contribution in [-0.2, 0) is 6.42 Å². The van der Waals surface area contributed by atoms with Crippen molar-refractivity contribution in [2.75, 3.05) is 0 Å². The highest BCUT2D eigenvalue weighted by Gasteiger charge is 2.56. The van der Waals surface area contributed by atoms with E-state index in [2.05, 4.69) is 40.2 Å². The number of Topliss-reactive ketones (excluding diaryl/α,β-unsaturated/α-hetero) is 1. The highest BCUT2D eigenvalue weighted by Crippen LogP contribution is 2.60. The van der Waals surface area contributed by atoms with Gasteiger partial charge < -0.3 is 0 Å². The molecule has 0 heterocycles. The normalized spacial score (nSPS) is 26.6. The summed E-state index contributed by atoms with van der Waals surface area (Å²) in [6.07, 6.45) is 2.29. The topological polar surface area (TPSA) is 17.1 Å². The molecule has 0 bridgehead atoms. The number of fused-ring (bicyclic) bond motifs is 3. The number of rotatable bonds is 2. The Balaban J connectivity index is 1.64. The Morgan fingerprint density at radius 1 is 1.05 bits per heavy atom. The lowest BCUT2D eigenvalue weighted by Gasteiger charge is -2.13. The van der Waals surface area contributed by atoms with Crippen LogP contribution in [0.5, 0.6) is 0 Å². The summed E-state index contributed by atoms with van der Waals surface area (Å²) in [4.78, 5) is 12.7. The van der Waals surface area contributed by atoms with Crippen molar-refractivity contribution in [2.24, 2.45) is 11.8 Å². The van der Waals surface area contributed by atoms with Crippen LogP contribution in [0, 0.1) is 11.8 Å². The first-order chi connectivity index (χ1) is 9.75. The minimum atomic E-state index is 0.208. The second-order valence-electron chi connectivity index (χ2n) is 5.82. The van der Waals surface area contributed by atoms with Crippen LogP contribution in [0.3, 0.4) is 0 Å². The van der Waals surface area contributed by atoms with E-state index in [-0.39, 0.29) is 5.92 Å². The van der Waals surface area contributed by atoms with E-state index >= 15 is 0 Å². The number of carbonyl (C=O) groups is 1. The van der Waals surface area contributed by atoms with Gasteiger partial charge in [-0.05, 0) is 47.9 Å². The molecule has 2 aromatic rings. The molecular weight excluding hydrogens is 312 g/mol. The van der Waals surface area contributed by atoms with E-state index in [1.165, 1.54) is 11.1 Å². The number of hydrogen-bond acceptors (Lipinski definition) is 1. The number of aryl methyl sites for hydroxylation is 1. The fourth-order valence-corrected chi connectivity index (χ4v) is 3.99. The molecular formula is C18H15BrO. The first-order valence-corrected chi connectivity index (χ1v) is 7.92. The van der Waals surface area contributed by atoms with Gasteiger partial charge in [0.2, 0.25) is 0 Å². The van der Waals surface area contributed by atoms with Crippen molar-refractivity contribution >= 4 is 21.7 Å². The number of carbonyl (C=O) groups excluding carboxylic acids is 1. The van der Waals surface area contributed by atoms with Crippen molar-refractivity contribution in [3.8, 4) is 0 Å². The Hall–Kier alpha value is -1.41. The third kappa shape index (κ3) is 1.86. The molecule has 2 aromatic carbocycles. The lowest BCUT2D eigenvalue weighted by atomic mass is 9.92. The zero-order chi connectivity index (χ0) is 13.7. The molecule has 2 heteroatoms. The average molecular weight is 327 g/mol. The summed E-state index contributed by atoms with van der Waals surface area (Å²) in [5.41, 5.74) is 3.71. The summed E-state index contributed by atoms with van der Waals surface area (Å²) in [5, 5.41) is 0. The van der Waals surface area contributed by atoms with Gasteiger partial charge in [-0.3, -0.25) is 4.79 Å². The minimum absolute atomic E-state index is 0.208. The SMILES string of the molecule is O=C(c1ccc(Br)cc1)C1C2CCc3ccccc3C21. The van der Waals surface area contributed by atoms with Gasteiger partial charge in [0.15, 0.2) is 5.78 Å². The van der Waals surface area contributed by atoms with Gasteiger partial charge in [0.1, 0.15) is 0 Å². The van der Waals surface area contributed by atoms with E-state index < -0.39 is 0 Å². The summed E-state index contributed by atoms with van der Waals surface area (Å²) in [6, 6.07) is 16.4. The van der Waals surface area contributed by atoms with E-state index in [1.807, 2.05) is 24.3 Å². The zero-order valence-electron chi connectivity index (χ0n) is 11.1. The summed E-state index contributed by atoms with van der Waals surface area (Å²) < 4.78 is 1.02. The Labute approximate surface area is 127 Å². The molecule has 1 nitrogen and oxygen atoms in total. The standard InChI is InChI=1S/C18H15BrO/c19-13-8-5-12(6-9-13)18(20)17-15-10-7-11-3-1-2-4-14(11)16(15)17/h1-6,8-9,15-17H,7,10H2. The Morgan fingerprint density at radius 2 is 1.80 bits per heavy atom. The number of halogens is 1. The Bertz CT molecular complexity index is 674. The lowest BCUT2D eigenvalue weighted by molar-refractivity contribution is 0.0959. The number of benzene rings is 2. The van der Waals surface area contributed by atoms with Gasteiger partial charge in [0.25, 0.3) is 0 Å². The molecule has 3 atom stereocenters. The molecule has 1 fully saturated rings. The first kappa shape index (κ1) is 12.3. The number of ketones is 1. The predicted octanol–water partition coefficient (Wildman–Crippen LogP) is 4.61. The highest BCUT2D eigenvalue weighted by atomic mass is 79.9. The molecule has 0 radical (unpaired) electrons. The van der Waals surface area contributed by atoms with Crippen LogP contribution in [0.15, 0.2) is 53.0 Å². The molecule has 2 aliphatic rings. The fourth-order valence-electron chi connectivity index (χ4n) is 3.73. The maximum absolute atomic E-state index is 12.7. The van der Waals surface area contributed by atoms with Gasteiger partial charge in [-0.2, -0.15) is 0 Å². The van der Waals surface area contributed by atoms with Gasteiger partial charge in [-0.1, -0.05) is 52.3 Å². The summed E-state index contributed by atoms with van der Waals surface area (Å²) in [5.74, 6) is 1.57. The van der Waals surface area contributed by atoms with Crippen molar-refractivity contribution in [3.63, 3.8) is 0 Å². The number of hydrogen-bond donors (Lipinski definition) is 0. The molecule has 0 saturated heterocycles. The van der Waals surface area contributed by atoms with Gasteiger partial charge in [-0.25, -0.2) is 0 Å². The van der Waals surface area contributed by atoms with Crippen LogP contribution >= 0.6 is 15.9 Å². The Morgan fingerprint density at radius 3 is 2.60 bits per heavy atom. The molecule has 0 aromatic heterocycles. The second-order valence-corrected chi connectivity index (χ2v) is 6.74. The summed E-state index contributed by atoms with van der Waals surface area (Å²) >= 11 is 3.42. The predicted molar refractivity (Wildman–Crippen MR) is 83.0 cm³/mol. The van der Waals surface area contributed by atoms with Crippen LogP contribution in [0.4, 0.5) is 0 Å². The lowest BCUT2D eigenvalue weighted by Crippen LogP contribution is -2.03. The highest BCUT2D eigenvalue weighted by molar-refractivity contribution is 9.10. The third-order valence-electron chi connectivity index (χ3n) is 4.76. The van der Waals surface area contributed by atoms with Crippen LogP contribution in [-0.4, -0.2) is 5.78 Å². The average Bonchev–Trinajstić information content (AvgIpc) is 3.22. The van der Waals surface area contributed by atoms with E-state index in [9.17, 15) is 4.79 Å². The van der Waals surface area contributed by atoms with Crippen LogP contribution in [0.2, 0.25) is 0 Å². The van der Waals surface area contributed by atoms with Crippen molar-refractivity contribution in [1.29, 1.82) is 0 Å². The summed E-state index contributed by atoms with van der Waals surface area (Å²) in [7, 11) is 0. The molecule has 1 saturated carbocycles. The first-order valence-electron chi connectivity index (χ1n) is 7.13. The van der Waals surface area contributed by atoms with E-state index in [4.69, 9.17) is 0 Å². The van der Waals surface area contributed by atoms with E-state index in [0.717, 1.165) is 22.9 Å². The summed E-state index contributed by atoms with van der Waals surface area (Å²) in [6.45, 7) is 0. The largest absolute Gasteiger partial charge is 0.294 e. The van der Waals surface area contributed by atoms with Gasteiger partial charge in [0.05, 0.1) is 0 Å². The molecule has 4 rings (SSSR count). The van der Waals surface area contributed by atoms with Gasteiger partial charge in [-0.15, -0.1) is 0 Å². The van der Waals surface area contributed by atoms with Crippen LogP contribution < -0.4 is 0 Å². The molecule has 2 aliphatic carbocycles. The Kier molecular flexibility index (Phi) is 2.81. The molecule has 100 valence electrons. The fraction of sp³-hybridized carbons (Fsp3) is 0.278. The van der Waals surface area contributed by atoms with Gasteiger partial charge >= 0.3 is 0 Å². The van der Waals surface area contributed by atoms with Gasteiger partial charge in [0, 0.05) is 16.0 Å². The van der Waals surface area contributed by atoms with Crippen LogP contribution in [0.1, 0.15) is 33.8 Å². The maximum atomic E-state index is 12.7. The molecule has 0 amide bonds. The maximum Gasteiger partial charge on any atom is 0.166 e. The van der Waals surface area contributed by atoms with Crippen molar-refractivity contribution in [1.82, 2.24) is 0 Å². The molecule has 20 heavy (non-hydrogen) atoms. The second kappa shape index (κ2) is 4.56. The third-order valence-corrected chi connectivity index (χ3v) is 5.29. The molecule has 0 N–H and O–H groups in total. The van der Waals surface area contributed by atoms with Crippen molar-refractivity contribution in [3.05, 3.63) is 69.7 Å². The quantitative estimate of drug-likeness (QED) is 0.736. The molecule has 0 spiro atoms. The molecule has 3 unspecified atom stereocenters. The molecule has 0 aliphatic heterocycles. The van der Waals surface area contributed by atoms with Crippen molar-refractivity contribution < 1.29 is 4.79 Å². The van der Waals surface area contributed by atoms with Crippen molar-refractivity contribution in [2.45, 2.75) is 18.8 Å². The minimum Gasteiger partial charge on any atom is -0.294 e. The van der Waals surface area contributed by atoms with E-state index in [1.54, 1.807) is 0 Å².